The Morgan fingerprint density at radius 2 is 1.69 bits per heavy atom. The molecular weight excluding hydrogens is 175 g/mol. The summed E-state index contributed by atoms with van der Waals surface area (Å²) in [4.78, 5) is 0. The minimum Gasteiger partial charge on any atom is -0.131 e. The highest BCUT2D eigenvalue weighted by atomic mass is 31.0. The van der Waals surface area contributed by atoms with Crippen LogP contribution in [0.2, 0.25) is 0 Å². The smallest absolute Gasteiger partial charge is 0.0176 e. The monoisotopic (exact) mass is 200 g/mol. The molecule has 0 heterocycles. The van der Waals surface area contributed by atoms with Gasteiger partial charge in [-0.1, -0.05) is 52.4 Å². The molecular formula is C12H25P. The zero-order chi connectivity index (χ0) is 9.73. The Hall–Kier alpha value is 0.430. The molecule has 0 spiro atoms. The van der Waals surface area contributed by atoms with Crippen molar-refractivity contribution < 1.29 is 0 Å². The Morgan fingerprint density at radius 1 is 1.08 bits per heavy atom. The van der Waals surface area contributed by atoms with Gasteiger partial charge in [-0.2, -0.15) is 0 Å². The van der Waals surface area contributed by atoms with Crippen LogP contribution in [0.1, 0.15) is 65.2 Å². The van der Waals surface area contributed by atoms with Crippen molar-refractivity contribution in [1.82, 2.24) is 0 Å². The summed E-state index contributed by atoms with van der Waals surface area (Å²) in [5.41, 5.74) is 0. The normalized spacial score (nSPS) is 38.5. The van der Waals surface area contributed by atoms with Gasteiger partial charge in [0.1, 0.15) is 0 Å². The van der Waals surface area contributed by atoms with E-state index < -0.39 is 0 Å². The molecule has 1 aliphatic carbocycles. The van der Waals surface area contributed by atoms with E-state index >= 15 is 0 Å². The predicted octanol–water partition coefficient (Wildman–Crippen LogP) is 4.39. The molecule has 1 saturated carbocycles. The largest absolute Gasteiger partial charge is 0.131 e. The van der Waals surface area contributed by atoms with E-state index in [0.29, 0.717) is 5.16 Å². The fourth-order valence-corrected chi connectivity index (χ4v) is 3.16. The van der Waals surface area contributed by atoms with Crippen molar-refractivity contribution >= 4 is 9.24 Å². The van der Waals surface area contributed by atoms with Gasteiger partial charge in [0.2, 0.25) is 0 Å². The van der Waals surface area contributed by atoms with E-state index in [4.69, 9.17) is 0 Å². The van der Waals surface area contributed by atoms with Crippen LogP contribution in [0.25, 0.3) is 0 Å². The van der Waals surface area contributed by atoms with Crippen molar-refractivity contribution in [3.8, 4) is 0 Å². The Morgan fingerprint density at radius 3 is 2.46 bits per heavy atom. The lowest BCUT2D eigenvalue weighted by Crippen LogP contribution is -2.20. The van der Waals surface area contributed by atoms with Crippen molar-refractivity contribution in [3.05, 3.63) is 0 Å². The van der Waals surface area contributed by atoms with Crippen LogP contribution in [0.15, 0.2) is 0 Å². The van der Waals surface area contributed by atoms with E-state index in [1.165, 1.54) is 51.4 Å². The molecule has 0 saturated heterocycles. The topological polar surface area (TPSA) is 0 Å². The molecule has 0 amide bonds. The molecule has 0 nitrogen and oxygen atoms in total. The highest BCUT2D eigenvalue weighted by Gasteiger charge is 2.21. The number of hydrogen-bond donors (Lipinski definition) is 0. The third-order valence-corrected chi connectivity index (χ3v) is 3.78. The molecule has 1 rings (SSSR count). The Bertz CT molecular complexity index is 140. The van der Waals surface area contributed by atoms with Crippen molar-refractivity contribution in [3.63, 3.8) is 0 Å². The predicted molar refractivity (Wildman–Crippen MR) is 64.2 cm³/mol. The first-order valence-electron chi connectivity index (χ1n) is 5.89. The molecule has 0 aromatic heterocycles. The number of hydrogen-bond acceptors (Lipinski definition) is 0. The van der Waals surface area contributed by atoms with E-state index in [-0.39, 0.29) is 0 Å². The Kier molecular flexibility index (Phi) is 4.73. The molecule has 3 unspecified atom stereocenters. The summed E-state index contributed by atoms with van der Waals surface area (Å²) >= 11 is 0. The minimum atomic E-state index is 0.525. The first kappa shape index (κ1) is 11.5. The molecule has 0 aromatic rings. The lowest BCUT2D eigenvalue weighted by Gasteiger charge is -2.29. The molecule has 78 valence electrons. The van der Waals surface area contributed by atoms with Crippen LogP contribution >= 0.6 is 9.24 Å². The van der Waals surface area contributed by atoms with E-state index in [1.807, 2.05) is 0 Å². The molecule has 1 heteroatoms. The van der Waals surface area contributed by atoms with Crippen molar-refractivity contribution in [2.45, 2.75) is 70.4 Å². The lowest BCUT2D eigenvalue weighted by atomic mass is 9.87. The van der Waals surface area contributed by atoms with Crippen LogP contribution in [-0.2, 0) is 0 Å². The van der Waals surface area contributed by atoms with Crippen LogP contribution in [0, 0.1) is 5.92 Å². The summed E-state index contributed by atoms with van der Waals surface area (Å²) in [5.74, 6) is 0.931. The molecule has 0 aromatic carbocycles. The van der Waals surface area contributed by atoms with Crippen molar-refractivity contribution in [2.24, 2.45) is 5.92 Å². The summed E-state index contributed by atoms with van der Waals surface area (Å²) in [6.45, 7) is 4.83. The van der Waals surface area contributed by atoms with Gasteiger partial charge in [-0.15, -0.1) is 9.24 Å². The van der Waals surface area contributed by atoms with E-state index in [9.17, 15) is 0 Å². The van der Waals surface area contributed by atoms with E-state index in [1.54, 1.807) is 0 Å². The van der Waals surface area contributed by atoms with Gasteiger partial charge in [-0.3, -0.25) is 0 Å². The summed E-state index contributed by atoms with van der Waals surface area (Å²) in [6, 6.07) is 0. The van der Waals surface area contributed by atoms with Gasteiger partial charge < -0.3 is 0 Å². The third-order valence-electron chi connectivity index (χ3n) is 3.26. The van der Waals surface area contributed by atoms with Crippen LogP contribution in [0.4, 0.5) is 0 Å². The summed E-state index contributed by atoms with van der Waals surface area (Å²) in [6.07, 6.45) is 11.5. The molecule has 1 fully saturated rings. The SMILES string of the molecule is CC1CCCCCCCC(C)(P)C1. The van der Waals surface area contributed by atoms with Gasteiger partial charge in [-0.05, 0) is 23.9 Å². The number of rotatable bonds is 0. The molecule has 3 atom stereocenters. The summed E-state index contributed by atoms with van der Waals surface area (Å²) in [5, 5.41) is 0.525. The van der Waals surface area contributed by atoms with Crippen LogP contribution in [-0.4, -0.2) is 5.16 Å². The average Bonchev–Trinajstić information content (AvgIpc) is 2.01. The first-order chi connectivity index (χ1) is 6.10. The van der Waals surface area contributed by atoms with Crippen LogP contribution in [0.3, 0.4) is 0 Å². The zero-order valence-electron chi connectivity index (χ0n) is 9.31. The third kappa shape index (κ3) is 5.01. The average molecular weight is 200 g/mol. The minimum absolute atomic E-state index is 0.525. The second-order valence-electron chi connectivity index (χ2n) is 5.27. The quantitative estimate of drug-likeness (QED) is 0.509. The maximum atomic E-state index is 3.08. The fourth-order valence-electron chi connectivity index (χ4n) is 2.55. The van der Waals surface area contributed by atoms with Gasteiger partial charge >= 0.3 is 0 Å². The molecule has 0 radical (unpaired) electrons. The van der Waals surface area contributed by atoms with E-state index in [2.05, 4.69) is 23.1 Å². The molecule has 0 aliphatic heterocycles. The molecule has 13 heavy (non-hydrogen) atoms. The second-order valence-corrected chi connectivity index (χ2v) is 6.66. The van der Waals surface area contributed by atoms with Gasteiger partial charge in [0, 0.05) is 0 Å². The highest BCUT2D eigenvalue weighted by Crippen LogP contribution is 2.34. The Labute approximate surface area is 86.1 Å². The van der Waals surface area contributed by atoms with Crippen LogP contribution < -0.4 is 0 Å². The van der Waals surface area contributed by atoms with E-state index in [0.717, 1.165) is 5.92 Å². The summed E-state index contributed by atoms with van der Waals surface area (Å²) < 4.78 is 0. The molecule has 0 N–H and O–H groups in total. The van der Waals surface area contributed by atoms with Gasteiger partial charge in [0.25, 0.3) is 0 Å². The fraction of sp³-hybridized carbons (Fsp3) is 1.00. The first-order valence-corrected chi connectivity index (χ1v) is 6.47. The van der Waals surface area contributed by atoms with Crippen molar-refractivity contribution in [1.29, 1.82) is 0 Å². The maximum absolute atomic E-state index is 3.08. The Balaban J connectivity index is 2.40. The molecule has 1 aliphatic rings. The molecule has 0 bridgehead atoms. The maximum Gasteiger partial charge on any atom is -0.0176 e. The van der Waals surface area contributed by atoms with Gasteiger partial charge in [0.05, 0.1) is 0 Å². The van der Waals surface area contributed by atoms with Gasteiger partial charge in [0.15, 0.2) is 0 Å². The second kappa shape index (κ2) is 5.35. The van der Waals surface area contributed by atoms with Crippen LogP contribution in [0.5, 0.6) is 0 Å². The highest BCUT2D eigenvalue weighted by molar-refractivity contribution is 7.18. The van der Waals surface area contributed by atoms with Gasteiger partial charge in [-0.25, -0.2) is 0 Å². The lowest BCUT2D eigenvalue weighted by molar-refractivity contribution is 0.368. The summed E-state index contributed by atoms with van der Waals surface area (Å²) in [7, 11) is 3.08. The zero-order valence-corrected chi connectivity index (χ0v) is 10.5. The van der Waals surface area contributed by atoms with Crippen molar-refractivity contribution in [2.75, 3.05) is 0 Å². The standard InChI is InChI=1S/C12H25P/c1-11-8-6-4-3-5-7-9-12(2,13)10-11/h11H,3-10,13H2,1-2H3.